The van der Waals surface area contributed by atoms with Crippen molar-refractivity contribution >= 4 is 28.5 Å². The highest BCUT2D eigenvalue weighted by Crippen LogP contribution is 2.25. The minimum absolute atomic E-state index is 0.121. The summed E-state index contributed by atoms with van der Waals surface area (Å²) >= 11 is 1.29. The van der Waals surface area contributed by atoms with E-state index in [9.17, 15) is 4.79 Å². The van der Waals surface area contributed by atoms with E-state index in [0.717, 1.165) is 27.9 Å². The number of aryl methyl sites for hydroxylation is 1. The summed E-state index contributed by atoms with van der Waals surface area (Å²) in [4.78, 5) is 20.1. The zero-order valence-corrected chi connectivity index (χ0v) is 14.4. The number of aromatic nitrogens is 3. The average Bonchev–Trinajstić information content (AvgIpc) is 3.28. The molecule has 0 aliphatic carbocycles. The van der Waals surface area contributed by atoms with Crippen molar-refractivity contribution in [3.8, 4) is 0 Å². The summed E-state index contributed by atoms with van der Waals surface area (Å²) in [5.41, 5.74) is 5.24. The number of rotatable bonds is 4. The van der Waals surface area contributed by atoms with Crippen LogP contribution in [0.3, 0.4) is 0 Å². The molecule has 4 aromatic rings. The van der Waals surface area contributed by atoms with Crippen molar-refractivity contribution in [2.45, 2.75) is 13.0 Å². The van der Waals surface area contributed by atoms with Gasteiger partial charge in [0.15, 0.2) is 0 Å². The van der Waals surface area contributed by atoms with E-state index < -0.39 is 0 Å². The lowest BCUT2D eigenvalue weighted by Gasteiger charge is -2.20. The third-order valence-corrected chi connectivity index (χ3v) is 4.90. The van der Waals surface area contributed by atoms with E-state index in [2.05, 4.69) is 19.7 Å². The average molecular weight is 348 g/mol. The van der Waals surface area contributed by atoms with Crippen molar-refractivity contribution in [1.29, 1.82) is 0 Å². The van der Waals surface area contributed by atoms with Gasteiger partial charge in [0.2, 0.25) is 0 Å². The van der Waals surface area contributed by atoms with Gasteiger partial charge >= 0.3 is 0 Å². The first-order valence-corrected chi connectivity index (χ1v) is 8.76. The van der Waals surface area contributed by atoms with Crippen molar-refractivity contribution in [3.63, 3.8) is 0 Å². The first-order chi connectivity index (χ1) is 12.2. The van der Waals surface area contributed by atoms with Crippen LogP contribution in [0, 0.1) is 6.92 Å². The molecular weight excluding hydrogens is 332 g/mol. The summed E-state index contributed by atoms with van der Waals surface area (Å²) in [6.45, 7) is 1.85. The second-order valence-corrected chi connectivity index (χ2v) is 6.44. The first-order valence-electron chi connectivity index (χ1n) is 7.92. The Labute approximate surface area is 148 Å². The quantitative estimate of drug-likeness (QED) is 0.588. The number of aromatic amines is 1. The van der Waals surface area contributed by atoms with E-state index in [0.29, 0.717) is 5.56 Å². The molecule has 1 unspecified atom stereocenters. The van der Waals surface area contributed by atoms with Crippen LogP contribution >= 0.6 is 11.5 Å². The van der Waals surface area contributed by atoms with Gasteiger partial charge in [-0.15, -0.1) is 0 Å². The van der Waals surface area contributed by atoms with Crippen LogP contribution in [0.4, 0.5) is 0 Å². The Kier molecular flexibility index (Phi) is 4.03. The number of carbonyl (C=O) groups excluding carboxylic acids is 1. The molecule has 2 heterocycles. The predicted octanol–water partition coefficient (Wildman–Crippen LogP) is 3.85. The number of nitrogens with one attached hydrogen (secondary N) is 2. The van der Waals surface area contributed by atoms with E-state index in [4.69, 9.17) is 0 Å². The topological polar surface area (TPSA) is 70.7 Å². The van der Waals surface area contributed by atoms with Gasteiger partial charge in [0.25, 0.3) is 5.91 Å². The molecule has 2 aromatic heterocycles. The van der Waals surface area contributed by atoms with Gasteiger partial charge < -0.3 is 10.3 Å². The minimum atomic E-state index is -0.249. The fourth-order valence-electron chi connectivity index (χ4n) is 2.86. The summed E-state index contributed by atoms with van der Waals surface area (Å²) in [6.07, 6.45) is 1.67. The van der Waals surface area contributed by atoms with E-state index in [1.165, 1.54) is 11.5 Å². The van der Waals surface area contributed by atoms with Crippen LogP contribution in [0.2, 0.25) is 0 Å². The Bertz CT molecular complexity index is 1020. The molecule has 124 valence electrons. The van der Waals surface area contributed by atoms with Crippen LogP contribution < -0.4 is 5.32 Å². The molecule has 1 amide bonds. The van der Waals surface area contributed by atoms with E-state index in [-0.39, 0.29) is 11.9 Å². The van der Waals surface area contributed by atoms with Crippen LogP contribution in [0.25, 0.3) is 11.0 Å². The molecule has 0 saturated heterocycles. The largest absolute Gasteiger partial charge is 0.345 e. The highest BCUT2D eigenvalue weighted by Gasteiger charge is 2.20. The second-order valence-electron chi connectivity index (χ2n) is 5.81. The monoisotopic (exact) mass is 348 g/mol. The van der Waals surface area contributed by atoms with Gasteiger partial charge in [-0.1, -0.05) is 36.4 Å². The van der Waals surface area contributed by atoms with E-state index in [1.54, 1.807) is 11.7 Å². The summed E-state index contributed by atoms with van der Waals surface area (Å²) in [7, 11) is 0. The van der Waals surface area contributed by atoms with Crippen LogP contribution in [0.15, 0.2) is 60.2 Å². The fourth-order valence-corrected chi connectivity index (χ4v) is 3.55. The summed E-state index contributed by atoms with van der Waals surface area (Å²) in [5, 5.41) is 4.93. The van der Waals surface area contributed by atoms with Gasteiger partial charge in [0, 0.05) is 5.38 Å². The first kappa shape index (κ1) is 15.5. The Balaban J connectivity index is 1.74. The van der Waals surface area contributed by atoms with Crippen LogP contribution in [-0.2, 0) is 0 Å². The lowest BCUT2D eigenvalue weighted by Crippen LogP contribution is -2.29. The smallest absolute Gasteiger partial charge is 0.254 e. The molecule has 0 spiro atoms. The normalized spacial score (nSPS) is 12.2. The van der Waals surface area contributed by atoms with Crippen molar-refractivity contribution < 1.29 is 4.79 Å². The van der Waals surface area contributed by atoms with Crippen molar-refractivity contribution in [3.05, 3.63) is 82.6 Å². The molecular formula is C19H16N4OS. The van der Waals surface area contributed by atoms with Gasteiger partial charge in [-0.05, 0) is 41.7 Å². The Morgan fingerprint density at radius 2 is 2.00 bits per heavy atom. The summed E-state index contributed by atoms with van der Waals surface area (Å²) in [5.74, 6) is -0.121. The number of carbonyl (C=O) groups is 1. The number of fused-ring (bicyclic) bond motifs is 1. The van der Waals surface area contributed by atoms with Crippen LogP contribution in [-0.4, -0.2) is 20.2 Å². The van der Waals surface area contributed by atoms with Gasteiger partial charge in [0.05, 0.1) is 34.7 Å². The Hall–Kier alpha value is -2.99. The molecule has 0 bridgehead atoms. The van der Waals surface area contributed by atoms with Crippen molar-refractivity contribution in [2.24, 2.45) is 0 Å². The van der Waals surface area contributed by atoms with Gasteiger partial charge in [-0.25, -0.2) is 4.98 Å². The predicted molar refractivity (Wildman–Crippen MR) is 98.7 cm³/mol. The molecule has 0 fully saturated rings. The van der Waals surface area contributed by atoms with Gasteiger partial charge in [-0.2, -0.15) is 4.37 Å². The number of benzene rings is 2. The zero-order chi connectivity index (χ0) is 17.2. The van der Waals surface area contributed by atoms with Gasteiger partial charge in [0.1, 0.15) is 0 Å². The Morgan fingerprint density at radius 1 is 1.16 bits per heavy atom. The molecule has 2 N–H and O–H groups in total. The van der Waals surface area contributed by atoms with E-state index in [1.807, 2.05) is 55.5 Å². The molecule has 6 heteroatoms. The maximum atomic E-state index is 12.7. The molecule has 2 aromatic carbocycles. The van der Waals surface area contributed by atoms with Crippen LogP contribution in [0.5, 0.6) is 0 Å². The number of H-pyrrole nitrogens is 1. The van der Waals surface area contributed by atoms with Crippen LogP contribution in [0.1, 0.15) is 33.2 Å². The summed E-state index contributed by atoms with van der Waals surface area (Å²) in [6, 6.07) is 15.7. The fraction of sp³-hybridized carbons (Fsp3) is 0.105. The lowest BCUT2D eigenvalue weighted by molar-refractivity contribution is 0.0942. The maximum absolute atomic E-state index is 12.7. The number of hydrogen-bond donors (Lipinski definition) is 2. The molecule has 5 nitrogen and oxygen atoms in total. The molecule has 4 rings (SSSR count). The minimum Gasteiger partial charge on any atom is -0.345 e. The molecule has 1 atom stereocenters. The molecule has 0 aliphatic heterocycles. The number of imidazole rings is 1. The highest BCUT2D eigenvalue weighted by molar-refractivity contribution is 7.03. The Morgan fingerprint density at radius 3 is 2.76 bits per heavy atom. The number of amides is 1. The van der Waals surface area contributed by atoms with E-state index >= 15 is 0 Å². The molecule has 0 radical (unpaired) electrons. The third-order valence-electron chi connectivity index (χ3n) is 4.18. The van der Waals surface area contributed by atoms with Crippen molar-refractivity contribution in [2.75, 3.05) is 0 Å². The standard InChI is InChI=1S/C19H16N4OS/c1-12-15(10-25-23-12)19(24)22-18(13-5-3-2-4-6-13)14-7-8-16-17(9-14)21-11-20-16/h2-11,18H,1H3,(H,20,21)(H,22,24). The molecule has 0 aliphatic rings. The third kappa shape index (κ3) is 3.04. The maximum Gasteiger partial charge on any atom is 0.254 e. The molecule has 0 saturated carbocycles. The highest BCUT2D eigenvalue weighted by atomic mass is 32.1. The number of nitrogens with zero attached hydrogens (tertiary/aromatic N) is 2. The second kappa shape index (κ2) is 6.49. The SMILES string of the molecule is Cc1nscc1C(=O)NC(c1ccccc1)c1ccc2nc[nH]c2c1. The summed E-state index contributed by atoms with van der Waals surface area (Å²) < 4.78 is 4.19. The zero-order valence-electron chi connectivity index (χ0n) is 13.6. The molecule has 25 heavy (non-hydrogen) atoms. The number of hydrogen-bond acceptors (Lipinski definition) is 4. The van der Waals surface area contributed by atoms with Gasteiger partial charge in [-0.3, -0.25) is 4.79 Å². The lowest BCUT2D eigenvalue weighted by atomic mass is 9.98. The van der Waals surface area contributed by atoms with Crippen molar-refractivity contribution in [1.82, 2.24) is 19.7 Å².